The van der Waals surface area contributed by atoms with Crippen LogP contribution in [-0.2, 0) is 12.7 Å². The molecule has 19 heavy (non-hydrogen) atoms. The number of nitrogens with one attached hydrogen (secondary N) is 1. The largest absolute Gasteiger partial charge is 0.508 e. The third kappa shape index (κ3) is 3.25. The summed E-state index contributed by atoms with van der Waals surface area (Å²) in [7, 11) is 0. The van der Waals surface area contributed by atoms with E-state index < -0.39 is 12.0 Å². The highest BCUT2D eigenvalue weighted by Crippen LogP contribution is 2.29. The van der Waals surface area contributed by atoms with Crippen molar-refractivity contribution in [3.8, 4) is 5.75 Å². The maximum absolute atomic E-state index is 12.3. The van der Waals surface area contributed by atoms with Gasteiger partial charge < -0.3 is 16.2 Å². The minimum absolute atomic E-state index is 0.00209. The predicted molar refractivity (Wildman–Crippen MR) is 64.8 cm³/mol. The van der Waals surface area contributed by atoms with Gasteiger partial charge in [-0.3, -0.25) is 0 Å². The van der Waals surface area contributed by atoms with Gasteiger partial charge in [0.1, 0.15) is 5.75 Å². The molecule has 9 heteroatoms. The average molecular weight is 290 g/mol. The molecule has 0 spiro atoms. The molecule has 0 saturated heterocycles. The number of phenolic OH excluding ortho intramolecular Hbond substituents is 1. The topological polar surface area (TPSA) is 84.1 Å². The SMILES string of the molecule is Nc1ccc(O)c(CNc2nc(C(F)(F)F)ns2)c1. The molecule has 5 nitrogen and oxygen atoms in total. The Morgan fingerprint density at radius 3 is 2.74 bits per heavy atom. The Balaban J connectivity index is 2.06. The lowest BCUT2D eigenvalue weighted by atomic mass is 10.2. The van der Waals surface area contributed by atoms with Crippen molar-refractivity contribution in [2.24, 2.45) is 0 Å². The fraction of sp³-hybridized carbons (Fsp3) is 0.200. The van der Waals surface area contributed by atoms with E-state index in [0.717, 1.165) is 0 Å². The molecular weight excluding hydrogens is 281 g/mol. The predicted octanol–water partition coefficient (Wildman–Crippen LogP) is 2.46. The van der Waals surface area contributed by atoms with E-state index in [-0.39, 0.29) is 17.4 Å². The van der Waals surface area contributed by atoms with Gasteiger partial charge in [0.25, 0.3) is 0 Å². The number of nitrogens with zero attached hydrogens (tertiary/aromatic N) is 2. The number of nitrogens with two attached hydrogens (primary N) is 1. The van der Waals surface area contributed by atoms with Gasteiger partial charge in [-0.05, 0) is 18.2 Å². The monoisotopic (exact) mass is 290 g/mol. The fourth-order valence-electron chi connectivity index (χ4n) is 1.33. The lowest BCUT2D eigenvalue weighted by Crippen LogP contribution is -2.07. The molecule has 0 fully saturated rings. The molecule has 0 amide bonds. The van der Waals surface area contributed by atoms with E-state index in [1.807, 2.05) is 0 Å². The number of hydrogen-bond acceptors (Lipinski definition) is 6. The summed E-state index contributed by atoms with van der Waals surface area (Å²) >= 11 is 0.601. The van der Waals surface area contributed by atoms with Crippen LogP contribution < -0.4 is 11.1 Å². The summed E-state index contributed by atoms with van der Waals surface area (Å²) < 4.78 is 40.0. The third-order valence-electron chi connectivity index (χ3n) is 2.21. The second-order valence-corrected chi connectivity index (χ2v) is 4.41. The summed E-state index contributed by atoms with van der Waals surface area (Å²) in [6, 6.07) is 4.45. The summed E-state index contributed by atoms with van der Waals surface area (Å²) in [6.07, 6.45) is -4.56. The van der Waals surface area contributed by atoms with E-state index in [0.29, 0.717) is 22.8 Å². The number of anilines is 2. The Kier molecular flexibility index (Phi) is 3.47. The maximum atomic E-state index is 12.3. The third-order valence-corrected chi connectivity index (χ3v) is 2.89. The Morgan fingerprint density at radius 1 is 1.37 bits per heavy atom. The quantitative estimate of drug-likeness (QED) is 0.597. The first-order valence-corrected chi connectivity index (χ1v) is 5.86. The summed E-state index contributed by atoms with van der Waals surface area (Å²) in [5.41, 5.74) is 6.45. The Morgan fingerprint density at radius 2 is 2.11 bits per heavy atom. The molecule has 1 aromatic heterocycles. The Bertz CT molecular complexity index is 584. The van der Waals surface area contributed by atoms with Crippen LogP contribution in [0.15, 0.2) is 18.2 Å². The second kappa shape index (κ2) is 4.92. The summed E-state index contributed by atoms with van der Waals surface area (Å²) in [4.78, 5) is 3.31. The minimum atomic E-state index is -4.56. The smallest absolute Gasteiger partial charge is 0.452 e. The van der Waals surface area contributed by atoms with Crippen molar-refractivity contribution in [3.63, 3.8) is 0 Å². The number of benzene rings is 1. The molecule has 0 unspecified atom stereocenters. The normalized spacial score (nSPS) is 11.5. The van der Waals surface area contributed by atoms with E-state index in [1.165, 1.54) is 18.2 Å². The molecule has 0 aliphatic rings. The van der Waals surface area contributed by atoms with Crippen LogP contribution in [0.4, 0.5) is 24.0 Å². The van der Waals surface area contributed by atoms with Gasteiger partial charge in [0.05, 0.1) is 0 Å². The minimum Gasteiger partial charge on any atom is -0.508 e. The van der Waals surface area contributed by atoms with E-state index in [9.17, 15) is 18.3 Å². The number of nitrogen functional groups attached to an aromatic ring is 1. The first kappa shape index (κ1) is 13.4. The molecule has 1 heterocycles. The zero-order valence-corrected chi connectivity index (χ0v) is 10.2. The highest BCUT2D eigenvalue weighted by Gasteiger charge is 2.36. The molecule has 1 aromatic carbocycles. The second-order valence-electron chi connectivity index (χ2n) is 3.66. The van der Waals surface area contributed by atoms with Crippen molar-refractivity contribution in [3.05, 3.63) is 29.6 Å². The summed E-state index contributed by atoms with van der Waals surface area (Å²) in [6.45, 7) is 0.101. The van der Waals surface area contributed by atoms with Crippen molar-refractivity contribution in [2.75, 3.05) is 11.1 Å². The average Bonchev–Trinajstić information content (AvgIpc) is 2.79. The molecule has 102 valence electrons. The van der Waals surface area contributed by atoms with Crippen LogP contribution >= 0.6 is 11.5 Å². The molecule has 0 atom stereocenters. The van der Waals surface area contributed by atoms with Crippen molar-refractivity contribution in [1.29, 1.82) is 0 Å². The molecule has 0 bridgehead atoms. The number of hydrogen-bond donors (Lipinski definition) is 3. The first-order valence-electron chi connectivity index (χ1n) is 5.08. The van der Waals surface area contributed by atoms with Crippen LogP contribution in [0, 0.1) is 0 Å². The van der Waals surface area contributed by atoms with Crippen LogP contribution in [0.2, 0.25) is 0 Å². The summed E-state index contributed by atoms with van der Waals surface area (Å²) in [5, 5.41) is 12.2. The van der Waals surface area contributed by atoms with E-state index in [4.69, 9.17) is 5.73 Å². The van der Waals surface area contributed by atoms with E-state index in [1.54, 1.807) is 0 Å². The molecule has 0 aliphatic carbocycles. The zero-order valence-electron chi connectivity index (χ0n) is 9.40. The van der Waals surface area contributed by atoms with Gasteiger partial charge in [0, 0.05) is 29.3 Å². The lowest BCUT2D eigenvalue weighted by Gasteiger charge is -2.06. The number of aromatic nitrogens is 2. The van der Waals surface area contributed by atoms with Gasteiger partial charge in [-0.25, -0.2) is 0 Å². The summed E-state index contributed by atoms with van der Waals surface area (Å²) in [5.74, 6) is -1.18. The van der Waals surface area contributed by atoms with Crippen molar-refractivity contribution < 1.29 is 18.3 Å². The van der Waals surface area contributed by atoms with Crippen molar-refractivity contribution in [1.82, 2.24) is 9.36 Å². The van der Waals surface area contributed by atoms with Gasteiger partial charge in [0.15, 0.2) is 0 Å². The van der Waals surface area contributed by atoms with Crippen molar-refractivity contribution in [2.45, 2.75) is 12.7 Å². The fourth-order valence-corrected chi connectivity index (χ4v) is 1.91. The zero-order chi connectivity index (χ0) is 14.0. The maximum Gasteiger partial charge on any atom is 0.452 e. The Labute approximate surface area is 110 Å². The lowest BCUT2D eigenvalue weighted by molar-refractivity contribution is -0.144. The molecule has 2 rings (SSSR count). The highest BCUT2D eigenvalue weighted by molar-refractivity contribution is 7.09. The highest BCUT2D eigenvalue weighted by atomic mass is 32.1. The number of phenols is 1. The number of alkyl halides is 3. The van der Waals surface area contributed by atoms with Gasteiger partial charge in [0.2, 0.25) is 11.0 Å². The number of halogens is 3. The molecule has 2 aromatic rings. The van der Waals surface area contributed by atoms with Crippen LogP contribution in [0.25, 0.3) is 0 Å². The standard InChI is InChI=1S/C10H9F3N4OS/c11-10(12,13)8-16-9(19-17-8)15-4-5-3-6(14)1-2-7(5)18/h1-3,18H,4,14H2,(H,15,16,17). The number of aromatic hydroxyl groups is 1. The van der Waals surface area contributed by atoms with Gasteiger partial charge in [-0.2, -0.15) is 22.5 Å². The molecule has 0 saturated carbocycles. The van der Waals surface area contributed by atoms with Gasteiger partial charge >= 0.3 is 6.18 Å². The van der Waals surface area contributed by atoms with Crippen LogP contribution in [0.5, 0.6) is 5.75 Å². The molecular formula is C10H9F3N4OS. The van der Waals surface area contributed by atoms with Crippen LogP contribution in [0.3, 0.4) is 0 Å². The molecule has 0 radical (unpaired) electrons. The van der Waals surface area contributed by atoms with Crippen molar-refractivity contribution >= 4 is 22.4 Å². The molecule has 4 N–H and O–H groups in total. The van der Waals surface area contributed by atoms with E-state index >= 15 is 0 Å². The van der Waals surface area contributed by atoms with Gasteiger partial charge in [-0.1, -0.05) is 0 Å². The van der Waals surface area contributed by atoms with Crippen LogP contribution in [-0.4, -0.2) is 14.5 Å². The van der Waals surface area contributed by atoms with E-state index in [2.05, 4.69) is 14.7 Å². The first-order chi connectivity index (χ1) is 8.86. The number of rotatable bonds is 3. The van der Waals surface area contributed by atoms with Crippen LogP contribution in [0.1, 0.15) is 11.4 Å². The van der Waals surface area contributed by atoms with Gasteiger partial charge in [-0.15, -0.1) is 0 Å². The Hall–Kier alpha value is -2.03. The molecule has 0 aliphatic heterocycles.